The van der Waals surface area contributed by atoms with E-state index in [0.29, 0.717) is 5.56 Å². The van der Waals surface area contributed by atoms with Crippen molar-refractivity contribution in [1.29, 1.82) is 0 Å². The van der Waals surface area contributed by atoms with E-state index in [1.54, 1.807) is 18.3 Å². The summed E-state index contributed by atoms with van der Waals surface area (Å²) in [5.41, 5.74) is 3.07. The van der Waals surface area contributed by atoms with E-state index in [1.807, 2.05) is 12.1 Å². The van der Waals surface area contributed by atoms with Crippen LogP contribution < -0.4 is 0 Å². The maximum Gasteiger partial charge on any atom is 0.269 e. The molecule has 2 rings (SSSR count). The molecule has 0 aromatic heterocycles. The minimum Gasteiger partial charge on any atom is -0.391 e. The lowest BCUT2D eigenvalue weighted by Crippen LogP contribution is -2.10. The molecule has 0 amide bonds. The Morgan fingerprint density at radius 1 is 1.17 bits per heavy atom. The summed E-state index contributed by atoms with van der Waals surface area (Å²) in [5, 5.41) is 14.6. The monoisotopic (exact) mass is 312 g/mol. The van der Waals surface area contributed by atoms with Crippen LogP contribution in [0.4, 0.5) is 5.69 Å². The summed E-state index contributed by atoms with van der Waals surface area (Å²) in [4.78, 5) is 15.5. The highest BCUT2D eigenvalue weighted by molar-refractivity contribution is 5.79. The Bertz CT molecular complexity index is 701. The van der Waals surface area contributed by atoms with Gasteiger partial charge in [0, 0.05) is 12.1 Å². The molecule has 0 fully saturated rings. The van der Waals surface area contributed by atoms with E-state index in [4.69, 9.17) is 4.84 Å². The Hall–Kier alpha value is -2.69. The molecular formula is C18H20N2O3. The van der Waals surface area contributed by atoms with Crippen LogP contribution in [-0.2, 0) is 16.9 Å². The van der Waals surface area contributed by atoms with Crippen LogP contribution in [0.15, 0.2) is 53.7 Å². The number of hydrogen-bond acceptors (Lipinski definition) is 4. The number of hydrogen-bond donors (Lipinski definition) is 0. The Kier molecular flexibility index (Phi) is 5.11. The van der Waals surface area contributed by atoms with E-state index < -0.39 is 4.92 Å². The highest BCUT2D eigenvalue weighted by Crippen LogP contribution is 2.21. The summed E-state index contributed by atoms with van der Waals surface area (Å²) in [5.74, 6) is 0. The third kappa shape index (κ3) is 4.92. The number of rotatable bonds is 5. The minimum absolute atomic E-state index is 0.0489. The van der Waals surface area contributed by atoms with Crippen LogP contribution in [0.5, 0.6) is 0 Å². The number of nitro groups is 1. The summed E-state index contributed by atoms with van der Waals surface area (Å²) in [7, 11) is 0. The SMILES string of the molecule is CC(C)(C)c1ccc(/C=N\OCc2cccc([N+](=O)[O-])c2)cc1. The van der Waals surface area contributed by atoms with Crippen molar-refractivity contribution in [3.8, 4) is 0 Å². The van der Waals surface area contributed by atoms with Crippen molar-refractivity contribution in [2.24, 2.45) is 5.16 Å². The lowest BCUT2D eigenvalue weighted by molar-refractivity contribution is -0.384. The minimum atomic E-state index is -0.427. The summed E-state index contributed by atoms with van der Waals surface area (Å²) >= 11 is 0. The van der Waals surface area contributed by atoms with Gasteiger partial charge in [-0.1, -0.05) is 62.3 Å². The van der Waals surface area contributed by atoms with Crippen LogP contribution in [0.1, 0.15) is 37.5 Å². The third-order valence-electron chi connectivity index (χ3n) is 3.41. The van der Waals surface area contributed by atoms with Gasteiger partial charge in [0.25, 0.3) is 5.69 Å². The molecule has 0 N–H and O–H groups in total. The van der Waals surface area contributed by atoms with Gasteiger partial charge in [0.1, 0.15) is 6.61 Å². The number of nitrogens with zero attached hydrogens (tertiary/aromatic N) is 2. The van der Waals surface area contributed by atoms with E-state index >= 15 is 0 Å². The predicted octanol–water partition coefficient (Wildman–Crippen LogP) is 4.44. The van der Waals surface area contributed by atoms with Crippen LogP contribution >= 0.6 is 0 Å². The molecule has 120 valence electrons. The van der Waals surface area contributed by atoms with Gasteiger partial charge in [-0.15, -0.1) is 0 Å². The standard InChI is InChI=1S/C18H20N2O3/c1-18(2,3)16-9-7-14(8-10-16)12-19-23-13-15-5-4-6-17(11-15)20(21)22/h4-12H,13H2,1-3H3/b19-12-. The Morgan fingerprint density at radius 3 is 2.48 bits per heavy atom. The van der Waals surface area contributed by atoms with Gasteiger partial charge in [-0.3, -0.25) is 10.1 Å². The van der Waals surface area contributed by atoms with Crippen LogP contribution in [0.25, 0.3) is 0 Å². The largest absolute Gasteiger partial charge is 0.391 e. The first-order valence-electron chi connectivity index (χ1n) is 7.35. The van der Waals surface area contributed by atoms with E-state index in [-0.39, 0.29) is 17.7 Å². The first kappa shape index (κ1) is 16.7. The summed E-state index contributed by atoms with van der Waals surface area (Å²) < 4.78 is 0. The average molecular weight is 312 g/mol. The molecule has 0 spiro atoms. The zero-order valence-corrected chi connectivity index (χ0v) is 13.5. The lowest BCUT2D eigenvalue weighted by Gasteiger charge is -2.18. The van der Waals surface area contributed by atoms with Crippen molar-refractivity contribution in [1.82, 2.24) is 0 Å². The van der Waals surface area contributed by atoms with Gasteiger partial charge in [-0.2, -0.15) is 0 Å². The zero-order valence-electron chi connectivity index (χ0n) is 13.5. The molecule has 0 aliphatic carbocycles. The van der Waals surface area contributed by atoms with Crippen molar-refractivity contribution in [3.05, 3.63) is 75.3 Å². The maximum absolute atomic E-state index is 10.7. The van der Waals surface area contributed by atoms with Crippen LogP contribution in [0.2, 0.25) is 0 Å². The smallest absolute Gasteiger partial charge is 0.269 e. The van der Waals surface area contributed by atoms with Crippen molar-refractivity contribution in [3.63, 3.8) is 0 Å². The van der Waals surface area contributed by atoms with Crippen LogP contribution in [-0.4, -0.2) is 11.1 Å². The quantitative estimate of drug-likeness (QED) is 0.465. The number of non-ortho nitro benzene ring substituents is 1. The van der Waals surface area contributed by atoms with Crippen molar-refractivity contribution >= 4 is 11.9 Å². The predicted molar refractivity (Wildman–Crippen MR) is 90.6 cm³/mol. The first-order chi connectivity index (χ1) is 10.9. The molecular weight excluding hydrogens is 292 g/mol. The average Bonchev–Trinajstić information content (AvgIpc) is 2.51. The van der Waals surface area contributed by atoms with Crippen molar-refractivity contribution in [2.45, 2.75) is 32.8 Å². The second-order valence-electron chi connectivity index (χ2n) is 6.31. The Morgan fingerprint density at radius 2 is 1.87 bits per heavy atom. The van der Waals surface area contributed by atoms with Gasteiger partial charge in [-0.05, 0) is 22.1 Å². The van der Waals surface area contributed by atoms with Gasteiger partial charge in [0.05, 0.1) is 11.1 Å². The molecule has 0 saturated heterocycles. The number of nitro benzene ring substituents is 1. The Balaban J connectivity index is 1.92. The van der Waals surface area contributed by atoms with Crippen molar-refractivity contribution < 1.29 is 9.76 Å². The van der Waals surface area contributed by atoms with Gasteiger partial charge in [0.15, 0.2) is 0 Å². The number of oxime groups is 1. The second-order valence-corrected chi connectivity index (χ2v) is 6.31. The topological polar surface area (TPSA) is 64.7 Å². The van der Waals surface area contributed by atoms with E-state index in [0.717, 1.165) is 5.56 Å². The first-order valence-corrected chi connectivity index (χ1v) is 7.35. The van der Waals surface area contributed by atoms with E-state index in [2.05, 4.69) is 38.1 Å². The molecule has 0 atom stereocenters. The molecule has 5 heteroatoms. The molecule has 0 aliphatic rings. The molecule has 23 heavy (non-hydrogen) atoms. The molecule has 0 aliphatic heterocycles. The molecule has 0 bridgehead atoms. The maximum atomic E-state index is 10.7. The number of benzene rings is 2. The molecule has 0 unspecified atom stereocenters. The van der Waals surface area contributed by atoms with E-state index in [1.165, 1.54) is 17.7 Å². The summed E-state index contributed by atoms with van der Waals surface area (Å²) in [6, 6.07) is 14.4. The Labute approximate surface area is 135 Å². The molecule has 0 heterocycles. The fraction of sp³-hybridized carbons (Fsp3) is 0.278. The molecule has 2 aromatic rings. The molecule has 0 radical (unpaired) electrons. The van der Waals surface area contributed by atoms with Gasteiger partial charge < -0.3 is 4.84 Å². The summed E-state index contributed by atoms with van der Waals surface area (Å²) in [6.07, 6.45) is 1.63. The van der Waals surface area contributed by atoms with Crippen LogP contribution in [0.3, 0.4) is 0 Å². The molecule has 0 saturated carbocycles. The van der Waals surface area contributed by atoms with Crippen molar-refractivity contribution in [2.75, 3.05) is 0 Å². The highest BCUT2D eigenvalue weighted by atomic mass is 16.6. The molecule has 5 nitrogen and oxygen atoms in total. The fourth-order valence-corrected chi connectivity index (χ4v) is 2.04. The van der Waals surface area contributed by atoms with Crippen LogP contribution in [0, 0.1) is 10.1 Å². The fourth-order valence-electron chi connectivity index (χ4n) is 2.04. The summed E-state index contributed by atoms with van der Waals surface area (Å²) in [6.45, 7) is 6.69. The van der Waals surface area contributed by atoms with Gasteiger partial charge >= 0.3 is 0 Å². The van der Waals surface area contributed by atoms with E-state index in [9.17, 15) is 10.1 Å². The second kappa shape index (κ2) is 7.05. The lowest BCUT2D eigenvalue weighted by atomic mass is 9.87. The normalized spacial score (nSPS) is 11.6. The van der Waals surface area contributed by atoms with Gasteiger partial charge in [-0.25, -0.2) is 0 Å². The van der Waals surface area contributed by atoms with Gasteiger partial charge in [0.2, 0.25) is 0 Å². The highest BCUT2D eigenvalue weighted by Gasteiger charge is 2.12. The zero-order chi connectivity index (χ0) is 16.9. The molecule has 2 aromatic carbocycles. The third-order valence-corrected chi connectivity index (χ3v) is 3.41.